The second-order valence-electron chi connectivity index (χ2n) is 6.48. The zero-order valence-corrected chi connectivity index (χ0v) is 18.0. The molecule has 0 saturated heterocycles. The van der Waals surface area contributed by atoms with Crippen LogP contribution in [0.15, 0.2) is 66.0 Å². The summed E-state index contributed by atoms with van der Waals surface area (Å²) in [5, 5.41) is 10.0. The summed E-state index contributed by atoms with van der Waals surface area (Å²) >= 11 is 14.1. The van der Waals surface area contributed by atoms with Crippen LogP contribution in [0.2, 0.25) is 5.02 Å². The number of nitrogens with one attached hydrogen (secondary N) is 1. The average molecular weight is 444 g/mol. The maximum absolute atomic E-state index is 6.63. The highest BCUT2D eigenvalue weighted by molar-refractivity contribution is 7.98. The van der Waals surface area contributed by atoms with Crippen LogP contribution >= 0.6 is 35.0 Å². The maximum atomic E-state index is 6.63. The van der Waals surface area contributed by atoms with Gasteiger partial charge in [0.25, 0.3) is 0 Å². The Morgan fingerprint density at radius 2 is 1.83 bits per heavy atom. The molecule has 5 nitrogen and oxygen atoms in total. The third-order valence-corrected chi connectivity index (χ3v) is 5.72. The molecule has 4 rings (SSSR count). The van der Waals surface area contributed by atoms with E-state index in [9.17, 15) is 0 Å². The zero-order valence-electron chi connectivity index (χ0n) is 15.7. The van der Waals surface area contributed by atoms with Crippen LogP contribution in [0.1, 0.15) is 16.5 Å². The molecule has 4 aromatic rings. The molecule has 1 unspecified atom stereocenters. The number of alkyl halides is 1. The van der Waals surface area contributed by atoms with Gasteiger partial charge in [0.15, 0.2) is 10.8 Å². The van der Waals surface area contributed by atoms with E-state index in [1.54, 1.807) is 6.20 Å². The van der Waals surface area contributed by atoms with E-state index in [-0.39, 0.29) is 5.38 Å². The van der Waals surface area contributed by atoms with Gasteiger partial charge in [0.1, 0.15) is 5.82 Å². The van der Waals surface area contributed by atoms with Gasteiger partial charge in [-0.05, 0) is 29.5 Å². The predicted octanol–water partition coefficient (Wildman–Crippen LogP) is 5.79. The van der Waals surface area contributed by atoms with Gasteiger partial charge in [0.2, 0.25) is 0 Å². The van der Waals surface area contributed by atoms with Crippen molar-refractivity contribution in [3.63, 3.8) is 0 Å². The molecule has 8 heteroatoms. The number of hydrogen-bond acceptors (Lipinski definition) is 5. The van der Waals surface area contributed by atoms with Gasteiger partial charge in [-0.3, -0.25) is 0 Å². The molecular weight excluding hydrogens is 425 g/mol. The molecule has 0 radical (unpaired) electrons. The average Bonchev–Trinajstić information content (AvgIpc) is 3.16. The first kappa shape index (κ1) is 20.0. The third-order valence-electron chi connectivity index (χ3n) is 4.53. The van der Waals surface area contributed by atoms with E-state index in [2.05, 4.69) is 20.4 Å². The monoisotopic (exact) mass is 443 g/mol. The summed E-state index contributed by atoms with van der Waals surface area (Å²) in [7, 11) is 0. The standard InChI is InChI=1S/C21H19Cl2N5S/c1-29-21-26-19(24-11-14-7-9-16(22)10-8-14)17-12-25-28(20(17)27-21)13-18(23)15-5-3-2-4-6-15/h2-10,12,18H,11,13H2,1H3,(H,24,26,27). The molecule has 0 aliphatic carbocycles. The normalized spacial score (nSPS) is 12.2. The summed E-state index contributed by atoms with van der Waals surface area (Å²) in [6.07, 6.45) is 3.75. The van der Waals surface area contributed by atoms with Crippen molar-refractivity contribution >= 4 is 51.8 Å². The Hall–Kier alpha value is -2.28. The molecule has 0 aliphatic rings. The minimum atomic E-state index is -0.197. The molecule has 0 spiro atoms. The molecule has 2 aromatic carbocycles. The lowest BCUT2D eigenvalue weighted by molar-refractivity contribution is 0.613. The van der Waals surface area contributed by atoms with Crippen molar-refractivity contribution < 1.29 is 0 Å². The number of rotatable bonds is 7. The van der Waals surface area contributed by atoms with E-state index in [4.69, 9.17) is 23.2 Å². The first-order valence-corrected chi connectivity index (χ1v) is 11.1. The second-order valence-corrected chi connectivity index (χ2v) is 8.22. The Kier molecular flexibility index (Phi) is 6.23. The minimum Gasteiger partial charge on any atom is -0.365 e. The largest absolute Gasteiger partial charge is 0.365 e. The summed E-state index contributed by atoms with van der Waals surface area (Å²) in [6.45, 7) is 1.15. The van der Waals surface area contributed by atoms with Crippen molar-refractivity contribution in [2.45, 2.75) is 23.6 Å². The van der Waals surface area contributed by atoms with Gasteiger partial charge in [-0.25, -0.2) is 14.6 Å². The fourth-order valence-corrected chi connectivity index (χ4v) is 3.76. The zero-order chi connectivity index (χ0) is 20.2. The maximum Gasteiger partial charge on any atom is 0.191 e. The van der Waals surface area contributed by atoms with Crippen LogP contribution in [0.3, 0.4) is 0 Å². The number of benzene rings is 2. The van der Waals surface area contributed by atoms with E-state index in [0.29, 0.717) is 18.2 Å². The lowest BCUT2D eigenvalue weighted by Gasteiger charge is -2.12. The molecule has 2 aromatic heterocycles. The van der Waals surface area contributed by atoms with Crippen molar-refractivity contribution in [2.75, 3.05) is 11.6 Å². The predicted molar refractivity (Wildman–Crippen MR) is 121 cm³/mol. The van der Waals surface area contributed by atoms with Crippen molar-refractivity contribution in [3.8, 4) is 0 Å². The highest BCUT2D eigenvalue weighted by atomic mass is 35.5. The molecule has 1 N–H and O–H groups in total. The number of anilines is 1. The highest BCUT2D eigenvalue weighted by Crippen LogP contribution is 2.27. The van der Waals surface area contributed by atoms with Crippen LogP contribution in [0.25, 0.3) is 11.0 Å². The smallest absolute Gasteiger partial charge is 0.191 e. The van der Waals surface area contributed by atoms with Crippen LogP contribution in [0, 0.1) is 0 Å². The number of fused-ring (bicyclic) bond motifs is 1. The minimum absolute atomic E-state index is 0.197. The number of hydrogen-bond donors (Lipinski definition) is 1. The molecule has 0 saturated carbocycles. The van der Waals surface area contributed by atoms with Crippen molar-refractivity contribution in [3.05, 3.63) is 76.9 Å². The molecule has 148 valence electrons. The quantitative estimate of drug-likeness (QED) is 0.222. The lowest BCUT2D eigenvalue weighted by Crippen LogP contribution is -2.08. The van der Waals surface area contributed by atoms with Crippen molar-refractivity contribution in [2.24, 2.45) is 0 Å². The Morgan fingerprint density at radius 1 is 1.07 bits per heavy atom. The van der Waals surface area contributed by atoms with Crippen LogP contribution in [0.4, 0.5) is 5.82 Å². The Balaban J connectivity index is 1.61. The first-order chi connectivity index (χ1) is 14.1. The van der Waals surface area contributed by atoms with Gasteiger partial charge in [0, 0.05) is 11.6 Å². The van der Waals surface area contributed by atoms with Crippen LogP contribution < -0.4 is 5.32 Å². The van der Waals surface area contributed by atoms with E-state index in [1.165, 1.54) is 11.8 Å². The Morgan fingerprint density at radius 3 is 2.55 bits per heavy atom. The Bertz CT molecular complexity index is 1100. The van der Waals surface area contributed by atoms with Gasteiger partial charge in [0.05, 0.1) is 23.5 Å². The van der Waals surface area contributed by atoms with Gasteiger partial charge >= 0.3 is 0 Å². The van der Waals surface area contributed by atoms with Crippen molar-refractivity contribution in [1.29, 1.82) is 0 Å². The molecule has 0 fully saturated rings. The van der Waals surface area contributed by atoms with Gasteiger partial charge in [-0.2, -0.15) is 5.10 Å². The summed E-state index contributed by atoms with van der Waals surface area (Å²) in [4.78, 5) is 9.29. The van der Waals surface area contributed by atoms with Gasteiger partial charge < -0.3 is 5.32 Å². The van der Waals surface area contributed by atoms with Gasteiger partial charge in [-0.1, -0.05) is 65.8 Å². The number of thioether (sulfide) groups is 1. The molecule has 0 bridgehead atoms. The molecule has 2 heterocycles. The summed E-state index contributed by atoms with van der Waals surface area (Å²) in [5.41, 5.74) is 2.94. The number of halogens is 2. The van der Waals surface area contributed by atoms with Crippen LogP contribution in [0.5, 0.6) is 0 Å². The van der Waals surface area contributed by atoms with E-state index >= 15 is 0 Å². The number of aromatic nitrogens is 4. The molecule has 0 aliphatic heterocycles. The fourth-order valence-electron chi connectivity index (χ4n) is 3.00. The summed E-state index contributed by atoms with van der Waals surface area (Å²) in [5.74, 6) is 0.756. The third kappa shape index (κ3) is 4.66. The second kappa shape index (κ2) is 9.03. The summed E-state index contributed by atoms with van der Waals surface area (Å²) in [6, 6.07) is 17.7. The molecule has 29 heavy (non-hydrogen) atoms. The van der Waals surface area contributed by atoms with Crippen molar-refractivity contribution in [1.82, 2.24) is 19.7 Å². The SMILES string of the molecule is CSc1nc(NCc2ccc(Cl)cc2)c2cnn(CC(Cl)c3ccccc3)c2n1. The lowest BCUT2D eigenvalue weighted by atomic mass is 10.1. The van der Waals surface area contributed by atoms with Crippen LogP contribution in [-0.4, -0.2) is 26.0 Å². The fraction of sp³-hybridized carbons (Fsp3) is 0.190. The van der Waals surface area contributed by atoms with E-state index in [0.717, 1.165) is 33.0 Å². The van der Waals surface area contributed by atoms with E-state index in [1.807, 2.05) is 65.5 Å². The molecular formula is C21H19Cl2N5S. The van der Waals surface area contributed by atoms with Crippen LogP contribution in [-0.2, 0) is 13.1 Å². The molecule has 1 atom stereocenters. The van der Waals surface area contributed by atoms with Gasteiger partial charge in [-0.15, -0.1) is 11.6 Å². The summed E-state index contributed by atoms with van der Waals surface area (Å²) < 4.78 is 1.84. The first-order valence-electron chi connectivity index (χ1n) is 9.09. The molecule has 0 amide bonds. The number of nitrogens with zero attached hydrogens (tertiary/aromatic N) is 4. The van der Waals surface area contributed by atoms with E-state index < -0.39 is 0 Å². The highest BCUT2D eigenvalue weighted by Gasteiger charge is 2.16. The Labute approximate surface area is 183 Å². The topological polar surface area (TPSA) is 55.6 Å².